The molecule has 0 aliphatic carbocycles. The van der Waals surface area contributed by atoms with Gasteiger partial charge in [0.05, 0.1) is 14.2 Å². The normalized spacial score (nSPS) is 13.7. The molecule has 1 aromatic carbocycles. The summed E-state index contributed by atoms with van der Waals surface area (Å²) in [4.78, 5) is 14.2. The van der Waals surface area contributed by atoms with Gasteiger partial charge in [-0.3, -0.25) is 4.79 Å². The second-order valence-corrected chi connectivity index (χ2v) is 5.43. The Bertz CT molecular complexity index is 710. The van der Waals surface area contributed by atoms with Gasteiger partial charge in [0, 0.05) is 13.1 Å². The summed E-state index contributed by atoms with van der Waals surface area (Å²) in [6.45, 7) is 1.13. The van der Waals surface area contributed by atoms with Crippen LogP contribution in [0.4, 0.5) is 0 Å². The number of benzene rings is 1. The van der Waals surface area contributed by atoms with Gasteiger partial charge >= 0.3 is 0 Å². The first-order valence-corrected chi connectivity index (χ1v) is 7.28. The first kappa shape index (κ1) is 14.8. The number of fused-ring (bicyclic) bond motifs is 1. The van der Waals surface area contributed by atoms with Crippen molar-refractivity contribution < 1.29 is 18.7 Å². The summed E-state index contributed by atoms with van der Waals surface area (Å²) in [5.74, 6) is 1.47. The topological polar surface area (TPSA) is 51.9 Å². The molecule has 116 valence electrons. The van der Waals surface area contributed by atoms with E-state index < -0.39 is 0 Å². The molecule has 0 saturated heterocycles. The number of nitrogens with zero attached hydrogens (tertiary/aromatic N) is 1. The van der Waals surface area contributed by atoms with Crippen LogP contribution < -0.4 is 9.47 Å². The van der Waals surface area contributed by atoms with Gasteiger partial charge in [0.25, 0.3) is 5.91 Å². The molecule has 0 N–H and O–H groups in total. The van der Waals surface area contributed by atoms with Crippen LogP contribution in [0.1, 0.15) is 21.7 Å². The molecule has 0 saturated carbocycles. The van der Waals surface area contributed by atoms with E-state index >= 15 is 0 Å². The van der Waals surface area contributed by atoms with Gasteiger partial charge in [-0.1, -0.05) is 0 Å². The van der Waals surface area contributed by atoms with Gasteiger partial charge < -0.3 is 18.8 Å². The third kappa shape index (κ3) is 2.64. The first-order chi connectivity index (χ1) is 10.6. The molecular weight excluding hydrogens is 306 g/mol. The SMILES string of the molecule is COc1cc2c(cc1OC)CN(C(=O)c1ccc(Cl)o1)CC2. The Morgan fingerprint density at radius 3 is 2.45 bits per heavy atom. The van der Waals surface area contributed by atoms with E-state index in [9.17, 15) is 4.79 Å². The zero-order valence-electron chi connectivity index (χ0n) is 12.4. The Morgan fingerprint density at radius 2 is 1.86 bits per heavy atom. The number of amides is 1. The number of carbonyl (C=O) groups is 1. The summed E-state index contributed by atoms with van der Waals surface area (Å²) < 4.78 is 15.8. The molecule has 2 aromatic rings. The Labute approximate surface area is 133 Å². The minimum Gasteiger partial charge on any atom is -0.493 e. The molecule has 0 radical (unpaired) electrons. The van der Waals surface area contributed by atoms with E-state index in [0.717, 1.165) is 12.0 Å². The predicted octanol–water partition coefficient (Wildman–Crippen LogP) is 3.15. The number of carbonyl (C=O) groups excluding carboxylic acids is 1. The van der Waals surface area contributed by atoms with Crippen molar-refractivity contribution in [3.8, 4) is 11.5 Å². The average molecular weight is 322 g/mol. The molecule has 3 rings (SSSR count). The van der Waals surface area contributed by atoms with Gasteiger partial charge in [0.1, 0.15) is 0 Å². The fourth-order valence-electron chi connectivity index (χ4n) is 2.64. The van der Waals surface area contributed by atoms with E-state index in [4.69, 9.17) is 25.5 Å². The maximum absolute atomic E-state index is 12.4. The van der Waals surface area contributed by atoms with E-state index in [2.05, 4.69) is 0 Å². The highest BCUT2D eigenvalue weighted by atomic mass is 35.5. The second-order valence-electron chi connectivity index (χ2n) is 5.06. The van der Waals surface area contributed by atoms with Crippen LogP contribution in [-0.4, -0.2) is 31.6 Å². The molecular formula is C16H16ClNO4. The number of halogens is 1. The van der Waals surface area contributed by atoms with E-state index in [1.807, 2.05) is 12.1 Å². The number of furan rings is 1. The lowest BCUT2D eigenvalue weighted by Gasteiger charge is -2.29. The van der Waals surface area contributed by atoms with E-state index in [1.165, 1.54) is 5.56 Å². The number of hydrogen-bond acceptors (Lipinski definition) is 4. The van der Waals surface area contributed by atoms with Crippen LogP contribution in [0.25, 0.3) is 0 Å². The molecule has 1 aliphatic heterocycles. The fraction of sp³-hybridized carbons (Fsp3) is 0.312. The maximum Gasteiger partial charge on any atom is 0.289 e. The largest absolute Gasteiger partial charge is 0.493 e. The molecule has 6 heteroatoms. The predicted molar refractivity (Wildman–Crippen MR) is 81.7 cm³/mol. The van der Waals surface area contributed by atoms with Crippen LogP contribution >= 0.6 is 11.6 Å². The van der Waals surface area contributed by atoms with Crippen molar-refractivity contribution in [3.05, 3.63) is 46.4 Å². The molecule has 0 unspecified atom stereocenters. The molecule has 22 heavy (non-hydrogen) atoms. The van der Waals surface area contributed by atoms with Crippen molar-refractivity contribution in [2.24, 2.45) is 0 Å². The standard InChI is InChI=1S/C16H16ClNO4/c1-20-13-7-10-5-6-18(9-11(10)8-14(13)21-2)16(19)12-3-4-15(17)22-12/h3-4,7-8H,5-6,9H2,1-2H3. The number of rotatable bonds is 3. The minimum absolute atomic E-state index is 0.160. The maximum atomic E-state index is 12.4. The lowest BCUT2D eigenvalue weighted by molar-refractivity contribution is 0.0702. The van der Waals surface area contributed by atoms with Crippen LogP contribution in [0.2, 0.25) is 5.22 Å². The van der Waals surface area contributed by atoms with Gasteiger partial charge in [0.15, 0.2) is 22.5 Å². The first-order valence-electron chi connectivity index (χ1n) is 6.90. The third-order valence-electron chi connectivity index (χ3n) is 3.79. The van der Waals surface area contributed by atoms with Crippen molar-refractivity contribution in [1.29, 1.82) is 0 Å². The molecule has 5 nitrogen and oxygen atoms in total. The van der Waals surface area contributed by atoms with E-state index in [-0.39, 0.29) is 16.9 Å². The summed E-state index contributed by atoms with van der Waals surface area (Å²) in [5.41, 5.74) is 2.22. The zero-order valence-corrected chi connectivity index (χ0v) is 13.1. The summed E-state index contributed by atoms with van der Waals surface area (Å²) in [5, 5.41) is 0.215. The van der Waals surface area contributed by atoms with Crippen molar-refractivity contribution in [3.63, 3.8) is 0 Å². The van der Waals surface area contributed by atoms with Gasteiger partial charge in [-0.15, -0.1) is 0 Å². The number of ether oxygens (including phenoxy) is 2. The molecule has 1 aromatic heterocycles. The lowest BCUT2D eigenvalue weighted by Crippen LogP contribution is -2.35. The van der Waals surface area contributed by atoms with Crippen LogP contribution in [-0.2, 0) is 13.0 Å². The molecule has 1 amide bonds. The van der Waals surface area contributed by atoms with Crippen molar-refractivity contribution in [2.45, 2.75) is 13.0 Å². The van der Waals surface area contributed by atoms with Gasteiger partial charge in [-0.05, 0) is 53.4 Å². The summed E-state index contributed by atoms with van der Waals surface area (Å²) >= 11 is 5.73. The van der Waals surface area contributed by atoms with Gasteiger partial charge in [-0.25, -0.2) is 0 Å². The van der Waals surface area contributed by atoms with E-state index in [1.54, 1.807) is 31.3 Å². The average Bonchev–Trinajstić information content (AvgIpc) is 2.98. The molecule has 1 aliphatic rings. The fourth-order valence-corrected chi connectivity index (χ4v) is 2.79. The minimum atomic E-state index is -0.160. The Kier molecular flexibility index (Phi) is 3.98. The zero-order chi connectivity index (χ0) is 15.7. The van der Waals surface area contributed by atoms with Crippen LogP contribution in [0.15, 0.2) is 28.7 Å². The highest BCUT2D eigenvalue weighted by Crippen LogP contribution is 2.33. The van der Waals surface area contributed by atoms with Crippen molar-refractivity contribution in [1.82, 2.24) is 4.90 Å². The smallest absolute Gasteiger partial charge is 0.289 e. The quantitative estimate of drug-likeness (QED) is 0.871. The van der Waals surface area contributed by atoms with Crippen molar-refractivity contribution in [2.75, 3.05) is 20.8 Å². The van der Waals surface area contributed by atoms with Crippen LogP contribution in [0, 0.1) is 0 Å². The molecule has 0 bridgehead atoms. The van der Waals surface area contributed by atoms with E-state index in [0.29, 0.717) is 24.6 Å². The molecule has 0 atom stereocenters. The highest BCUT2D eigenvalue weighted by Gasteiger charge is 2.25. The Hall–Kier alpha value is -2.14. The molecule has 0 fully saturated rings. The Balaban J connectivity index is 1.85. The number of hydrogen-bond donors (Lipinski definition) is 0. The van der Waals surface area contributed by atoms with Gasteiger partial charge in [-0.2, -0.15) is 0 Å². The van der Waals surface area contributed by atoms with Crippen molar-refractivity contribution >= 4 is 17.5 Å². The molecule has 2 heterocycles. The summed E-state index contributed by atoms with van der Waals surface area (Å²) in [6, 6.07) is 7.05. The second kappa shape index (κ2) is 5.93. The molecule has 0 spiro atoms. The summed E-state index contributed by atoms with van der Waals surface area (Å²) in [7, 11) is 3.21. The highest BCUT2D eigenvalue weighted by molar-refractivity contribution is 6.29. The monoisotopic (exact) mass is 321 g/mol. The Morgan fingerprint density at radius 1 is 1.18 bits per heavy atom. The number of methoxy groups -OCH3 is 2. The van der Waals surface area contributed by atoms with Crippen LogP contribution in [0.3, 0.4) is 0 Å². The summed E-state index contributed by atoms with van der Waals surface area (Å²) in [6.07, 6.45) is 0.760. The lowest BCUT2D eigenvalue weighted by atomic mass is 9.98. The van der Waals surface area contributed by atoms with Gasteiger partial charge in [0.2, 0.25) is 0 Å². The third-order valence-corrected chi connectivity index (χ3v) is 3.99. The van der Waals surface area contributed by atoms with Crippen LogP contribution in [0.5, 0.6) is 11.5 Å².